The highest BCUT2D eigenvalue weighted by Crippen LogP contribution is 2.24. The van der Waals surface area contributed by atoms with Crippen molar-refractivity contribution >= 4 is 5.96 Å². The van der Waals surface area contributed by atoms with Gasteiger partial charge in [-0.3, -0.25) is 4.98 Å². The zero-order valence-corrected chi connectivity index (χ0v) is 17.0. The van der Waals surface area contributed by atoms with Gasteiger partial charge in [-0.05, 0) is 62.7 Å². The summed E-state index contributed by atoms with van der Waals surface area (Å²) in [6, 6.07) is 8.41. The fourth-order valence-corrected chi connectivity index (χ4v) is 3.29. The average Bonchev–Trinajstić information content (AvgIpc) is 2.75. The molecule has 1 aliphatic rings. The van der Waals surface area contributed by atoms with Gasteiger partial charge in [0, 0.05) is 25.8 Å². The molecule has 3 rings (SSSR count). The normalized spacial score (nSPS) is 15.2. The third kappa shape index (κ3) is 7.02. The van der Waals surface area contributed by atoms with Crippen LogP contribution in [0.3, 0.4) is 0 Å². The van der Waals surface area contributed by atoms with Gasteiger partial charge < -0.3 is 20.3 Å². The second kappa shape index (κ2) is 11.4. The molecule has 1 saturated heterocycles. The Morgan fingerprint density at radius 1 is 1.21 bits per heavy atom. The minimum absolute atomic E-state index is 0.178. The summed E-state index contributed by atoms with van der Waals surface area (Å²) in [6.45, 7) is 7.43. The minimum atomic E-state index is -0.412. The predicted molar refractivity (Wildman–Crippen MR) is 114 cm³/mol. The maximum atomic E-state index is 14.4. The lowest BCUT2D eigenvalue weighted by Crippen LogP contribution is -2.42. The van der Waals surface area contributed by atoms with Crippen LogP contribution in [0.4, 0.5) is 4.39 Å². The van der Waals surface area contributed by atoms with Crippen molar-refractivity contribution in [3.63, 3.8) is 0 Å². The number of guanidine groups is 1. The molecule has 0 unspecified atom stereocenters. The molecule has 0 spiro atoms. The molecule has 1 aromatic carbocycles. The molecule has 0 saturated carbocycles. The van der Waals surface area contributed by atoms with Crippen LogP contribution in [0.2, 0.25) is 0 Å². The third-order valence-electron chi connectivity index (χ3n) is 4.79. The largest absolute Gasteiger partial charge is 0.453 e. The Hall–Kier alpha value is -2.67. The van der Waals surface area contributed by atoms with Gasteiger partial charge in [-0.25, -0.2) is 9.38 Å². The van der Waals surface area contributed by atoms with E-state index in [2.05, 4.69) is 25.5 Å². The molecule has 0 bridgehead atoms. The van der Waals surface area contributed by atoms with Gasteiger partial charge in [0.15, 0.2) is 17.5 Å². The van der Waals surface area contributed by atoms with E-state index in [0.717, 1.165) is 31.2 Å². The second-order valence-corrected chi connectivity index (χ2v) is 7.08. The smallest absolute Gasteiger partial charge is 0.191 e. The molecule has 6 nitrogen and oxygen atoms in total. The van der Waals surface area contributed by atoms with E-state index in [4.69, 9.17) is 4.74 Å². The van der Waals surface area contributed by atoms with Crippen LogP contribution in [0.15, 0.2) is 47.7 Å². The Labute approximate surface area is 172 Å². The molecule has 0 radical (unpaired) electrons. The van der Waals surface area contributed by atoms with Crippen molar-refractivity contribution in [3.05, 3.63) is 54.1 Å². The summed E-state index contributed by atoms with van der Waals surface area (Å²) in [7, 11) is 0. The fourth-order valence-electron chi connectivity index (χ4n) is 3.29. The molecule has 7 heteroatoms. The number of nitrogens with one attached hydrogen (secondary N) is 2. The van der Waals surface area contributed by atoms with E-state index in [9.17, 15) is 4.39 Å². The second-order valence-electron chi connectivity index (χ2n) is 7.08. The number of hydrogen-bond acceptors (Lipinski definition) is 4. The molecular weight excluding hydrogens is 369 g/mol. The van der Waals surface area contributed by atoms with Gasteiger partial charge in [-0.15, -0.1) is 0 Å². The predicted octanol–water partition coefficient (Wildman–Crippen LogP) is 3.55. The molecule has 0 aliphatic carbocycles. The molecule has 1 fully saturated rings. The third-order valence-corrected chi connectivity index (χ3v) is 4.79. The van der Waals surface area contributed by atoms with Crippen molar-refractivity contribution in [2.75, 3.05) is 32.7 Å². The summed E-state index contributed by atoms with van der Waals surface area (Å²) in [5, 5.41) is 6.61. The van der Waals surface area contributed by atoms with Crippen molar-refractivity contribution in [1.29, 1.82) is 0 Å². The number of pyridine rings is 1. The number of nitrogens with zero attached hydrogens (tertiary/aromatic N) is 3. The first-order valence-electron chi connectivity index (χ1n) is 10.4. The van der Waals surface area contributed by atoms with Gasteiger partial charge >= 0.3 is 0 Å². The quantitative estimate of drug-likeness (QED) is 0.525. The number of piperidine rings is 1. The molecule has 2 N–H and O–H groups in total. The Morgan fingerprint density at radius 3 is 2.79 bits per heavy atom. The maximum Gasteiger partial charge on any atom is 0.191 e. The number of rotatable bonds is 8. The summed E-state index contributed by atoms with van der Waals surface area (Å²) >= 11 is 0. The molecule has 29 heavy (non-hydrogen) atoms. The van der Waals surface area contributed by atoms with E-state index < -0.39 is 5.82 Å². The Bertz CT molecular complexity index is 778. The first kappa shape index (κ1) is 21.0. The van der Waals surface area contributed by atoms with Crippen LogP contribution in [0.5, 0.6) is 11.5 Å². The SMILES string of the molecule is CCNC(=NCc1ccc(Oc2cccnc2)c(F)c1)NCCN1CCCCC1. The van der Waals surface area contributed by atoms with Gasteiger partial charge in [0.05, 0.1) is 12.7 Å². The summed E-state index contributed by atoms with van der Waals surface area (Å²) < 4.78 is 19.9. The number of ether oxygens (including phenoxy) is 1. The summed E-state index contributed by atoms with van der Waals surface area (Å²) in [4.78, 5) is 11.0. The number of halogens is 1. The van der Waals surface area contributed by atoms with E-state index >= 15 is 0 Å². The highest BCUT2D eigenvalue weighted by Gasteiger charge is 2.10. The van der Waals surface area contributed by atoms with E-state index in [1.807, 2.05) is 13.0 Å². The topological polar surface area (TPSA) is 61.8 Å². The molecule has 0 atom stereocenters. The van der Waals surface area contributed by atoms with Crippen molar-refractivity contribution in [2.45, 2.75) is 32.7 Å². The number of benzene rings is 1. The Kier molecular flexibility index (Phi) is 8.25. The van der Waals surface area contributed by atoms with E-state index in [0.29, 0.717) is 12.3 Å². The number of aromatic nitrogens is 1. The standard InChI is InChI=1S/C22H30FN5O/c1-2-25-22(26-11-14-28-12-4-3-5-13-28)27-16-18-8-9-21(20(23)15-18)29-19-7-6-10-24-17-19/h6-10,15,17H,2-5,11-14,16H2,1H3,(H2,25,26,27). The number of hydrogen-bond donors (Lipinski definition) is 2. The molecule has 1 aliphatic heterocycles. The van der Waals surface area contributed by atoms with Crippen LogP contribution in [0.25, 0.3) is 0 Å². The van der Waals surface area contributed by atoms with Crippen LogP contribution in [-0.4, -0.2) is 48.6 Å². The van der Waals surface area contributed by atoms with E-state index in [1.54, 1.807) is 30.6 Å². The van der Waals surface area contributed by atoms with Crippen LogP contribution in [0.1, 0.15) is 31.7 Å². The molecular formula is C22H30FN5O. The molecule has 156 valence electrons. The zero-order chi connectivity index (χ0) is 20.3. The summed E-state index contributed by atoms with van der Waals surface area (Å²) in [5.74, 6) is 1.02. The summed E-state index contributed by atoms with van der Waals surface area (Å²) in [6.07, 6.45) is 7.12. The van der Waals surface area contributed by atoms with Gasteiger partial charge in [-0.2, -0.15) is 0 Å². The van der Waals surface area contributed by atoms with Gasteiger partial charge in [0.25, 0.3) is 0 Å². The Balaban J connectivity index is 1.53. The van der Waals surface area contributed by atoms with E-state index in [1.165, 1.54) is 38.4 Å². The first-order chi connectivity index (χ1) is 14.2. The van der Waals surface area contributed by atoms with Crippen molar-refractivity contribution in [1.82, 2.24) is 20.5 Å². The first-order valence-corrected chi connectivity index (χ1v) is 10.4. The van der Waals surface area contributed by atoms with Crippen molar-refractivity contribution in [3.8, 4) is 11.5 Å². The average molecular weight is 400 g/mol. The van der Waals surface area contributed by atoms with Gasteiger partial charge in [0.1, 0.15) is 5.75 Å². The van der Waals surface area contributed by atoms with Crippen LogP contribution >= 0.6 is 0 Å². The van der Waals surface area contributed by atoms with Crippen LogP contribution < -0.4 is 15.4 Å². The number of aliphatic imine (C=N–C) groups is 1. The number of likely N-dealkylation sites (tertiary alicyclic amines) is 1. The Morgan fingerprint density at radius 2 is 2.07 bits per heavy atom. The highest BCUT2D eigenvalue weighted by atomic mass is 19.1. The zero-order valence-electron chi connectivity index (χ0n) is 17.0. The maximum absolute atomic E-state index is 14.4. The van der Waals surface area contributed by atoms with Crippen LogP contribution in [-0.2, 0) is 6.54 Å². The summed E-state index contributed by atoms with van der Waals surface area (Å²) in [5.41, 5.74) is 0.786. The molecule has 0 amide bonds. The van der Waals surface area contributed by atoms with Gasteiger partial charge in [0.2, 0.25) is 0 Å². The molecule has 1 aromatic heterocycles. The van der Waals surface area contributed by atoms with Crippen molar-refractivity contribution in [2.24, 2.45) is 4.99 Å². The van der Waals surface area contributed by atoms with Gasteiger partial charge in [-0.1, -0.05) is 12.5 Å². The minimum Gasteiger partial charge on any atom is -0.453 e. The van der Waals surface area contributed by atoms with Crippen molar-refractivity contribution < 1.29 is 9.13 Å². The lowest BCUT2D eigenvalue weighted by atomic mass is 10.1. The van der Waals surface area contributed by atoms with Crippen LogP contribution in [0, 0.1) is 5.82 Å². The van der Waals surface area contributed by atoms with E-state index in [-0.39, 0.29) is 5.75 Å². The lowest BCUT2D eigenvalue weighted by molar-refractivity contribution is 0.232. The molecule has 2 heterocycles. The monoisotopic (exact) mass is 399 g/mol. The lowest BCUT2D eigenvalue weighted by Gasteiger charge is -2.26. The highest BCUT2D eigenvalue weighted by molar-refractivity contribution is 5.79. The fraction of sp³-hybridized carbons (Fsp3) is 0.455. The molecule has 2 aromatic rings.